The molecule has 1 aromatic carbocycles. The average molecular weight is 242 g/mol. The molecular weight excluding hydrogens is 232 g/mol. The van der Waals surface area contributed by atoms with Gasteiger partial charge in [-0.15, -0.1) is 0 Å². The standard InChI is InChI=1S/C12H10N4O2/c1-17-11-3-2-9(4-10(11)14)18-12-8(5-13)6-15-7-16-12/h2-4,6-7H,14H2,1H3. The van der Waals surface area contributed by atoms with E-state index in [1.54, 1.807) is 18.2 Å². The highest BCUT2D eigenvalue weighted by molar-refractivity contribution is 5.56. The summed E-state index contributed by atoms with van der Waals surface area (Å²) in [5, 5.41) is 8.88. The molecule has 6 nitrogen and oxygen atoms in total. The Morgan fingerprint density at radius 1 is 1.39 bits per heavy atom. The van der Waals surface area contributed by atoms with Gasteiger partial charge < -0.3 is 15.2 Å². The molecule has 0 amide bonds. The van der Waals surface area contributed by atoms with Gasteiger partial charge >= 0.3 is 0 Å². The van der Waals surface area contributed by atoms with E-state index in [4.69, 9.17) is 20.5 Å². The van der Waals surface area contributed by atoms with Crippen molar-refractivity contribution in [1.82, 2.24) is 9.97 Å². The summed E-state index contributed by atoms with van der Waals surface area (Å²) in [5.74, 6) is 1.23. The molecule has 90 valence electrons. The van der Waals surface area contributed by atoms with Crippen molar-refractivity contribution in [1.29, 1.82) is 5.26 Å². The zero-order valence-electron chi connectivity index (χ0n) is 9.62. The smallest absolute Gasteiger partial charge is 0.240 e. The molecule has 0 saturated carbocycles. The summed E-state index contributed by atoms with van der Waals surface area (Å²) in [6, 6.07) is 6.90. The SMILES string of the molecule is COc1ccc(Oc2ncncc2C#N)cc1N. The third kappa shape index (κ3) is 2.30. The highest BCUT2D eigenvalue weighted by Crippen LogP contribution is 2.29. The van der Waals surface area contributed by atoms with E-state index in [1.165, 1.54) is 19.6 Å². The summed E-state index contributed by atoms with van der Waals surface area (Å²) in [4.78, 5) is 7.63. The second kappa shape index (κ2) is 5.01. The number of methoxy groups -OCH3 is 1. The number of aromatic nitrogens is 2. The van der Waals surface area contributed by atoms with Crippen molar-refractivity contribution in [2.75, 3.05) is 12.8 Å². The molecule has 2 N–H and O–H groups in total. The van der Waals surface area contributed by atoms with Gasteiger partial charge in [-0.3, -0.25) is 0 Å². The van der Waals surface area contributed by atoms with Gasteiger partial charge in [-0.1, -0.05) is 0 Å². The normalized spacial score (nSPS) is 9.56. The Hall–Kier alpha value is -2.81. The first-order valence-electron chi connectivity index (χ1n) is 5.06. The van der Waals surface area contributed by atoms with E-state index >= 15 is 0 Å². The van der Waals surface area contributed by atoms with Gasteiger partial charge in [0, 0.05) is 6.07 Å². The lowest BCUT2D eigenvalue weighted by Gasteiger charge is -2.08. The van der Waals surface area contributed by atoms with Gasteiger partial charge in [0.05, 0.1) is 19.0 Å². The average Bonchev–Trinajstić information content (AvgIpc) is 2.39. The predicted molar refractivity (Wildman–Crippen MR) is 64.2 cm³/mol. The number of nitrogens with two attached hydrogens (primary N) is 1. The molecule has 2 aromatic rings. The van der Waals surface area contributed by atoms with Gasteiger partial charge in [0.2, 0.25) is 5.88 Å². The molecule has 18 heavy (non-hydrogen) atoms. The highest BCUT2D eigenvalue weighted by atomic mass is 16.5. The first-order valence-corrected chi connectivity index (χ1v) is 5.06. The molecule has 0 radical (unpaired) electrons. The first kappa shape index (κ1) is 11.7. The molecule has 2 rings (SSSR count). The topological polar surface area (TPSA) is 94.0 Å². The second-order valence-corrected chi connectivity index (χ2v) is 3.36. The van der Waals surface area contributed by atoms with Crippen LogP contribution in [0.3, 0.4) is 0 Å². The summed E-state index contributed by atoms with van der Waals surface area (Å²) >= 11 is 0. The van der Waals surface area contributed by atoms with Gasteiger partial charge in [0.1, 0.15) is 29.5 Å². The predicted octanol–water partition coefficient (Wildman–Crippen LogP) is 1.73. The lowest BCUT2D eigenvalue weighted by molar-refractivity contribution is 0.414. The summed E-state index contributed by atoms with van der Waals surface area (Å²) in [5.41, 5.74) is 6.46. The van der Waals surface area contributed by atoms with Crippen LogP contribution in [0.4, 0.5) is 5.69 Å². The van der Waals surface area contributed by atoms with Gasteiger partial charge in [0.25, 0.3) is 0 Å². The van der Waals surface area contributed by atoms with Crippen LogP contribution in [0.5, 0.6) is 17.4 Å². The molecule has 0 aliphatic heterocycles. The Labute approximate surface area is 104 Å². The molecule has 0 saturated heterocycles. The maximum absolute atomic E-state index is 8.88. The molecule has 0 bridgehead atoms. The lowest BCUT2D eigenvalue weighted by Crippen LogP contribution is -1.95. The quantitative estimate of drug-likeness (QED) is 0.823. The summed E-state index contributed by atoms with van der Waals surface area (Å²) < 4.78 is 10.5. The summed E-state index contributed by atoms with van der Waals surface area (Å²) in [6.07, 6.45) is 2.69. The van der Waals surface area contributed by atoms with Crippen molar-refractivity contribution in [3.05, 3.63) is 36.3 Å². The molecular formula is C12H10N4O2. The molecule has 0 fully saturated rings. The Kier molecular flexibility index (Phi) is 3.25. The van der Waals surface area contributed by atoms with Crippen molar-refractivity contribution >= 4 is 5.69 Å². The number of hydrogen-bond acceptors (Lipinski definition) is 6. The Balaban J connectivity index is 2.29. The number of hydrogen-bond donors (Lipinski definition) is 1. The van der Waals surface area contributed by atoms with Crippen LogP contribution in [-0.4, -0.2) is 17.1 Å². The number of nitrogens with zero attached hydrogens (tertiary/aromatic N) is 3. The van der Waals surface area contributed by atoms with E-state index in [2.05, 4.69) is 9.97 Å². The molecule has 0 unspecified atom stereocenters. The van der Waals surface area contributed by atoms with Crippen LogP contribution in [0.25, 0.3) is 0 Å². The fourth-order valence-corrected chi connectivity index (χ4v) is 1.36. The largest absolute Gasteiger partial charge is 0.495 e. The Morgan fingerprint density at radius 3 is 2.89 bits per heavy atom. The summed E-state index contributed by atoms with van der Waals surface area (Å²) in [7, 11) is 1.53. The first-order chi connectivity index (χ1) is 8.74. The zero-order valence-corrected chi connectivity index (χ0v) is 9.62. The van der Waals surface area contributed by atoms with Crippen molar-refractivity contribution in [3.8, 4) is 23.4 Å². The van der Waals surface area contributed by atoms with E-state index < -0.39 is 0 Å². The third-order valence-electron chi connectivity index (χ3n) is 2.21. The Morgan fingerprint density at radius 2 is 2.22 bits per heavy atom. The van der Waals surface area contributed by atoms with Crippen LogP contribution in [0.1, 0.15) is 5.56 Å². The van der Waals surface area contributed by atoms with Crippen LogP contribution in [0, 0.1) is 11.3 Å². The Bertz CT molecular complexity index is 607. The number of nitrogen functional groups attached to an aromatic ring is 1. The summed E-state index contributed by atoms with van der Waals surface area (Å²) in [6.45, 7) is 0. The van der Waals surface area contributed by atoms with E-state index in [0.29, 0.717) is 17.2 Å². The van der Waals surface area contributed by atoms with Gasteiger partial charge in [-0.25, -0.2) is 9.97 Å². The lowest BCUT2D eigenvalue weighted by atomic mass is 10.3. The molecule has 0 spiro atoms. The fraction of sp³-hybridized carbons (Fsp3) is 0.0833. The zero-order chi connectivity index (χ0) is 13.0. The van der Waals surface area contributed by atoms with E-state index in [9.17, 15) is 0 Å². The van der Waals surface area contributed by atoms with Crippen LogP contribution in [0.15, 0.2) is 30.7 Å². The molecule has 0 aliphatic rings. The highest BCUT2D eigenvalue weighted by Gasteiger charge is 2.07. The molecule has 0 aliphatic carbocycles. The van der Waals surface area contributed by atoms with E-state index in [1.807, 2.05) is 6.07 Å². The number of rotatable bonds is 3. The fourth-order valence-electron chi connectivity index (χ4n) is 1.36. The van der Waals surface area contributed by atoms with Crippen LogP contribution >= 0.6 is 0 Å². The number of benzene rings is 1. The minimum atomic E-state index is 0.192. The van der Waals surface area contributed by atoms with Gasteiger partial charge in [0.15, 0.2) is 0 Å². The maximum atomic E-state index is 8.88. The maximum Gasteiger partial charge on any atom is 0.240 e. The van der Waals surface area contributed by atoms with Crippen molar-refractivity contribution in [3.63, 3.8) is 0 Å². The van der Waals surface area contributed by atoms with Crippen LogP contribution < -0.4 is 15.2 Å². The van der Waals surface area contributed by atoms with Crippen molar-refractivity contribution in [2.45, 2.75) is 0 Å². The third-order valence-corrected chi connectivity index (χ3v) is 2.21. The minimum Gasteiger partial charge on any atom is -0.495 e. The number of ether oxygens (including phenoxy) is 2. The number of nitriles is 1. The monoisotopic (exact) mass is 242 g/mol. The number of anilines is 1. The van der Waals surface area contributed by atoms with Gasteiger partial charge in [-0.2, -0.15) is 5.26 Å². The molecule has 1 heterocycles. The van der Waals surface area contributed by atoms with Crippen LogP contribution in [0.2, 0.25) is 0 Å². The van der Waals surface area contributed by atoms with Gasteiger partial charge in [-0.05, 0) is 12.1 Å². The molecule has 1 aromatic heterocycles. The molecule has 6 heteroatoms. The molecule has 0 atom stereocenters. The second-order valence-electron chi connectivity index (χ2n) is 3.36. The van der Waals surface area contributed by atoms with Crippen molar-refractivity contribution < 1.29 is 9.47 Å². The van der Waals surface area contributed by atoms with E-state index in [0.717, 1.165) is 0 Å². The van der Waals surface area contributed by atoms with Crippen molar-refractivity contribution in [2.24, 2.45) is 0 Å². The van der Waals surface area contributed by atoms with E-state index in [-0.39, 0.29) is 11.4 Å². The minimum absolute atomic E-state index is 0.192. The van der Waals surface area contributed by atoms with Crippen LogP contribution in [-0.2, 0) is 0 Å².